The summed E-state index contributed by atoms with van der Waals surface area (Å²) in [6.07, 6.45) is 1.02. The van der Waals surface area contributed by atoms with Gasteiger partial charge >= 0.3 is 0 Å². The average Bonchev–Trinajstić information content (AvgIpc) is 3.39. The average molecular weight is 384 g/mol. The third-order valence-corrected chi connectivity index (χ3v) is 6.02. The van der Waals surface area contributed by atoms with Crippen LogP contribution < -0.4 is 0 Å². The minimum atomic E-state index is -0.0347. The lowest BCUT2D eigenvalue weighted by Gasteiger charge is -2.27. The predicted molar refractivity (Wildman–Crippen MR) is 105 cm³/mol. The molecular formula is C21H28N4O3. The van der Waals surface area contributed by atoms with Gasteiger partial charge in [0, 0.05) is 37.2 Å². The SMILES string of the molecule is CCOCC(=O)N1C[C@@H](c2nc(-c3cccc(C)c3)no2)[C@]2(CCN(C)C2)C1. The van der Waals surface area contributed by atoms with Crippen molar-refractivity contribution >= 4 is 5.91 Å². The van der Waals surface area contributed by atoms with Gasteiger partial charge in [0.05, 0.1) is 5.92 Å². The summed E-state index contributed by atoms with van der Waals surface area (Å²) in [5, 5.41) is 4.24. The van der Waals surface area contributed by atoms with E-state index in [1.54, 1.807) is 0 Å². The van der Waals surface area contributed by atoms with Crippen LogP contribution in [0.5, 0.6) is 0 Å². The van der Waals surface area contributed by atoms with Crippen molar-refractivity contribution in [2.75, 3.05) is 46.4 Å². The van der Waals surface area contributed by atoms with Crippen LogP contribution >= 0.6 is 0 Å². The first kappa shape index (κ1) is 19.1. The van der Waals surface area contributed by atoms with Crippen LogP contribution in [0.25, 0.3) is 11.4 Å². The molecule has 0 bridgehead atoms. The monoisotopic (exact) mass is 384 g/mol. The number of hydrogen-bond donors (Lipinski definition) is 0. The summed E-state index contributed by atoms with van der Waals surface area (Å²) in [5.74, 6) is 1.34. The van der Waals surface area contributed by atoms with Crippen molar-refractivity contribution in [1.29, 1.82) is 0 Å². The quantitative estimate of drug-likeness (QED) is 0.788. The number of aryl methyl sites for hydroxylation is 1. The third-order valence-electron chi connectivity index (χ3n) is 6.02. The van der Waals surface area contributed by atoms with Crippen molar-refractivity contribution in [1.82, 2.24) is 19.9 Å². The predicted octanol–water partition coefficient (Wildman–Crippen LogP) is 2.33. The van der Waals surface area contributed by atoms with Crippen LogP contribution in [0.3, 0.4) is 0 Å². The van der Waals surface area contributed by atoms with Gasteiger partial charge in [-0.25, -0.2) is 0 Å². The van der Waals surface area contributed by atoms with Crippen molar-refractivity contribution < 1.29 is 14.1 Å². The van der Waals surface area contributed by atoms with E-state index in [2.05, 4.69) is 23.2 Å². The fraction of sp³-hybridized carbons (Fsp3) is 0.571. The van der Waals surface area contributed by atoms with Gasteiger partial charge in [0.1, 0.15) is 6.61 Å². The molecule has 0 saturated carbocycles. The number of aromatic nitrogens is 2. The summed E-state index contributed by atoms with van der Waals surface area (Å²) in [4.78, 5) is 21.6. The van der Waals surface area contributed by atoms with Gasteiger partial charge in [-0.3, -0.25) is 4.79 Å². The number of rotatable bonds is 5. The summed E-state index contributed by atoms with van der Waals surface area (Å²) >= 11 is 0. The van der Waals surface area contributed by atoms with Gasteiger partial charge < -0.3 is 19.1 Å². The molecule has 7 nitrogen and oxygen atoms in total. The van der Waals surface area contributed by atoms with Crippen molar-refractivity contribution in [3.63, 3.8) is 0 Å². The number of carbonyl (C=O) groups is 1. The molecule has 4 rings (SSSR count). The van der Waals surface area contributed by atoms with Crippen LogP contribution in [0, 0.1) is 12.3 Å². The zero-order chi connectivity index (χ0) is 19.7. The molecular weight excluding hydrogens is 356 g/mol. The highest BCUT2D eigenvalue weighted by Crippen LogP contribution is 2.48. The molecule has 0 N–H and O–H groups in total. The molecule has 0 radical (unpaired) electrons. The van der Waals surface area contributed by atoms with Crippen LogP contribution in [0.1, 0.15) is 30.7 Å². The first-order valence-corrected chi connectivity index (χ1v) is 9.95. The second-order valence-corrected chi connectivity index (χ2v) is 8.14. The van der Waals surface area contributed by atoms with E-state index in [1.165, 1.54) is 0 Å². The van der Waals surface area contributed by atoms with Gasteiger partial charge in [-0.05, 0) is 39.9 Å². The zero-order valence-electron chi connectivity index (χ0n) is 16.9. The standard InChI is InChI=1S/C21H28N4O3/c1-4-27-12-18(26)25-11-17(21(14-25)8-9-24(3)13-21)20-22-19(23-28-20)16-7-5-6-15(2)10-16/h5-7,10,17H,4,8-9,11-14H2,1-3H3/t17-,21-/m0/s1. The number of amides is 1. The van der Waals surface area contributed by atoms with E-state index in [0.29, 0.717) is 24.9 Å². The van der Waals surface area contributed by atoms with E-state index in [9.17, 15) is 4.79 Å². The van der Waals surface area contributed by atoms with Gasteiger partial charge in [0.15, 0.2) is 0 Å². The molecule has 2 aromatic rings. The number of benzene rings is 1. The van der Waals surface area contributed by atoms with E-state index in [0.717, 1.165) is 37.2 Å². The second-order valence-electron chi connectivity index (χ2n) is 8.14. The summed E-state index contributed by atoms with van der Waals surface area (Å²) in [5.41, 5.74) is 2.08. The minimum absolute atomic E-state index is 0.0347. The first-order valence-electron chi connectivity index (χ1n) is 9.95. The molecule has 2 aliphatic heterocycles. The first-order chi connectivity index (χ1) is 13.5. The van der Waals surface area contributed by atoms with Crippen molar-refractivity contribution in [3.05, 3.63) is 35.7 Å². The molecule has 1 spiro atoms. The van der Waals surface area contributed by atoms with E-state index in [1.807, 2.05) is 36.9 Å². The van der Waals surface area contributed by atoms with Crippen LogP contribution in [0.15, 0.2) is 28.8 Å². The molecule has 2 saturated heterocycles. The number of carbonyl (C=O) groups excluding carboxylic acids is 1. The molecule has 1 amide bonds. The van der Waals surface area contributed by atoms with Gasteiger partial charge in [-0.2, -0.15) is 4.98 Å². The maximum absolute atomic E-state index is 12.6. The lowest BCUT2D eigenvalue weighted by molar-refractivity contribution is -0.135. The minimum Gasteiger partial charge on any atom is -0.372 e. The van der Waals surface area contributed by atoms with Gasteiger partial charge in [-0.1, -0.05) is 28.9 Å². The zero-order valence-corrected chi connectivity index (χ0v) is 16.9. The Bertz CT molecular complexity index is 852. The lowest BCUT2D eigenvalue weighted by Crippen LogP contribution is -2.36. The highest BCUT2D eigenvalue weighted by atomic mass is 16.5. The number of likely N-dealkylation sites (tertiary alicyclic amines) is 2. The number of hydrogen-bond acceptors (Lipinski definition) is 6. The van der Waals surface area contributed by atoms with Crippen LogP contribution in [0.4, 0.5) is 0 Å². The summed E-state index contributed by atoms with van der Waals surface area (Å²) in [6, 6.07) is 8.10. The van der Waals surface area contributed by atoms with Crippen LogP contribution in [-0.2, 0) is 9.53 Å². The number of ether oxygens (including phenoxy) is 1. The van der Waals surface area contributed by atoms with Crippen LogP contribution in [-0.4, -0.2) is 72.3 Å². The number of nitrogens with zero attached hydrogens (tertiary/aromatic N) is 4. The highest BCUT2D eigenvalue weighted by molar-refractivity contribution is 5.78. The molecule has 7 heteroatoms. The molecule has 3 heterocycles. The van der Waals surface area contributed by atoms with E-state index < -0.39 is 0 Å². The van der Waals surface area contributed by atoms with E-state index in [-0.39, 0.29) is 23.8 Å². The fourth-order valence-corrected chi connectivity index (χ4v) is 4.58. The van der Waals surface area contributed by atoms with Crippen molar-refractivity contribution in [2.45, 2.75) is 26.2 Å². The smallest absolute Gasteiger partial charge is 0.248 e. The normalized spacial score (nSPS) is 25.1. The van der Waals surface area contributed by atoms with Gasteiger partial charge in [-0.15, -0.1) is 0 Å². The Labute approximate surface area is 165 Å². The summed E-state index contributed by atoms with van der Waals surface area (Å²) in [6.45, 7) is 7.89. The molecule has 28 heavy (non-hydrogen) atoms. The maximum atomic E-state index is 12.6. The van der Waals surface area contributed by atoms with Crippen molar-refractivity contribution in [3.8, 4) is 11.4 Å². The molecule has 1 aromatic heterocycles. The van der Waals surface area contributed by atoms with Gasteiger partial charge in [0.25, 0.3) is 0 Å². The van der Waals surface area contributed by atoms with Gasteiger partial charge in [0.2, 0.25) is 17.6 Å². The summed E-state index contributed by atoms with van der Waals surface area (Å²) in [7, 11) is 2.13. The van der Waals surface area contributed by atoms with Crippen molar-refractivity contribution in [2.24, 2.45) is 5.41 Å². The highest BCUT2D eigenvalue weighted by Gasteiger charge is 2.53. The molecule has 0 aliphatic carbocycles. The molecule has 2 aliphatic rings. The topological polar surface area (TPSA) is 71.7 Å². The van der Waals surface area contributed by atoms with E-state index >= 15 is 0 Å². The Morgan fingerprint density at radius 2 is 2.25 bits per heavy atom. The Morgan fingerprint density at radius 3 is 2.96 bits per heavy atom. The lowest BCUT2D eigenvalue weighted by atomic mass is 9.77. The van der Waals surface area contributed by atoms with E-state index in [4.69, 9.17) is 14.2 Å². The second kappa shape index (κ2) is 7.64. The fourth-order valence-electron chi connectivity index (χ4n) is 4.58. The summed E-state index contributed by atoms with van der Waals surface area (Å²) < 4.78 is 11.1. The Morgan fingerprint density at radius 1 is 1.39 bits per heavy atom. The molecule has 0 unspecified atom stereocenters. The Balaban J connectivity index is 1.60. The molecule has 1 aromatic carbocycles. The maximum Gasteiger partial charge on any atom is 0.248 e. The molecule has 2 fully saturated rings. The Kier molecular flexibility index (Phi) is 5.21. The molecule has 2 atom stereocenters. The third kappa shape index (κ3) is 3.56. The van der Waals surface area contributed by atoms with Crippen LogP contribution in [0.2, 0.25) is 0 Å². The molecule has 150 valence electrons. The largest absolute Gasteiger partial charge is 0.372 e. The Hall–Kier alpha value is -2.25.